The number of amides is 1. The van der Waals surface area contributed by atoms with Crippen molar-refractivity contribution in [3.8, 4) is 0 Å². The highest BCUT2D eigenvalue weighted by atomic mass is 16.5. The van der Waals surface area contributed by atoms with Crippen molar-refractivity contribution in [1.82, 2.24) is 19.6 Å². The number of aryl methyl sites for hydroxylation is 2. The molecule has 0 radical (unpaired) electrons. The molecule has 2 aromatic rings. The number of carbonyl (C=O) groups is 1. The van der Waals surface area contributed by atoms with Crippen LogP contribution in [0.2, 0.25) is 0 Å². The number of benzene rings is 1. The highest BCUT2D eigenvalue weighted by molar-refractivity contribution is 5.79. The van der Waals surface area contributed by atoms with Gasteiger partial charge in [0.15, 0.2) is 0 Å². The smallest absolute Gasteiger partial charge is 0.227 e. The van der Waals surface area contributed by atoms with Gasteiger partial charge in [-0.3, -0.25) is 9.48 Å². The van der Waals surface area contributed by atoms with Crippen LogP contribution in [0.5, 0.6) is 0 Å². The van der Waals surface area contributed by atoms with E-state index in [-0.39, 0.29) is 18.1 Å². The molecule has 0 N–H and O–H groups in total. The quantitative estimate of drug-likeness (QED) is 0.780. The van der Waals surface area contributed by atoms with Crippen molar-refractivity contribution in [2.24, 2.45) is 7.05 Å². The number of nitrogens with zero attached hydrogens (tertiary/aromatic N) is 4. The number of carbonyl (C=O) groups excluding carboxylic acids is 1. The fourth-order valence-corrected chi connectivity index (χ4v) is 4.65. The van der Waals surface area contributed by atoms with Gasteiger partial charge in [0.1, 0.15) is 0 Å². The van der Waals surface area contributed by atoms with Crippen molar-refractivity contribution >= 4 is 5.91 Å². The Morgan fingerprint density at radius 2 is 2.03 bits per heavy atom. The molecule has 3 heterocycles. The van der Waals surface area contributed by atoms with Crippen molar-refractivity contribution in [2.75, 3.05) is 32.8 Å². The number of ether oxygens (including phenoxy) is 1. The maximum absolute atomic E-state index is 13.3. The van der Waals surface area contributed by atoms with Crippen molar-refractivity contribution in [2.45, 2.75) is 44.8 Å². The van der Waals surface area contributed by atoms with Gasteiger partial charge in [-0.1, -0.05) is 36.2 Å². The molecule has 0 saturated carbocycles. The Hall–Kier alpha value is -2.18. The summed E-state index contributed by atoms with van der Waals surface area (Å²) in [7, 11) is 1.92. The number of likely N-dealkylation sites (tertiary alicyclic amines) is 1. The summed E-state index contributed by atoms with van der Waals surface area (Å²) in [5, 5.41) is 4.37. The normalized spacial score (nSPS) is 23.3. The molecule has 156 valence electrons. The summed E-state index contributed by atoms with van der Waals surface area (Å²) < 4.78 is 8.04. The number of hydrogen-bond donors (Lipinski definition) is 0. The van der Waals surface area contributed by atoms with Crippen molar-refractivity contribution in [1.29, 1.82) is 0 Å². The van der Waals surface area contributed by atoms with E-state index < -0.39 is 0 Å². The molecule has 2 saturated heterocycles. The molecular formula is C23H32N4O2. The molecule has 2 aliphatic rings. The lowest BCUT2D eigenvalue weighted by molar-refractivity contribution is -0.148. The van der Waals surface area contributed by atoms with E-state index in [1.54, 1.807) is 0 Å². The maximum atomic E-state index is 13.3. The van der Waals surface area contributed by atoms with Crippen molar-refractivity contribution in [3.63, 3.8) is 0 Å². The first kappa shape index (κ1) is 20.1. The predicted molar refractivity (Wildman–Crippen MR) is 113 cm³/mol. The number of morpholine rings is 1. The van der Waals surface area contributed by atoms with Crippen LogP contribution in [0.25, 0.3) is 0 Å². The Labute approximate surface area is 173 Å². The summed E-state index contributed by atoms with van der Waals surface area (Å²) in [5.41, 5.74) is 3.31. The summed E-state index contributed by atoms with van der Waals surface area (Å²) in [5.74, 6) is 0.163. The molecule has 0 unspecified atom stereocenters. The van der Waals surface area contributed by atoms with E-state index in [9.17, 15) is 4.79 Å². The van der Waals surface area contributed by atoms with E-state index >= 15 is 0 Å². The highest BCUT2D eigenvalue weighted by Gasteiger charge is 2.38. The minimum atomic E-state index is -0.0864. The Morgan fingerprint density at radius 1 is 1.21 bits per heavy atom. The minimum absolute atomic E-state index is 0.0208. The lowest BCUT2D eigenvalue weighted by Gasteiger charge is -2.43. The van der Waals surface area contributed by atoms with Crippen molar-refractivity contribution < 1.29 is 9.53 Å². The van der Waals surface area contributed by atoms with Crippen LogP contribution in [0.3, 0.4) is 0 Å². The summed E-state index contributed by atoms with van der Waals surface area (Å²) in [6.45, 7) is 6.40. The molecule has 6 nitrogen and oxygen atoms in total. The van der Waals surface area contributed by atoms with E-state index in [2.05, 4.69) is 29.1 Å². The van der Waals surface area contributed by atoms with Crippen LogP contribution in [0.4, 0.5) is 0 Å². The molecule has 1 aromatic heterocycles. The van der Waals surface area contributed by atoms with Gasteiger partial charge in [0, 0.05) is 31.9 Å². The monoisotopic (exact) mass is 396 g/mol. The Bertz CT molecular complexity index is 828. The SMILES string of the molecule is Cc1cccc(CC(=O)N2CCO[C@@H](CN3CCCCC3)[C@@H]2c2cnn(C)c2)c1. The third kappa shape index (κ3) is 4.87. The maximum Gasteiger partial charge on any atom is 0.227 e. The summed E-state index contributed by atoms with van der Waals surface area (Å²) in [4.78, 5) is 17.9. The second-order valence-corrected chi connectivity index (χ2v) is 8.42. The summed E-state index contributed by atoms with van der Waals surface area (Å²) in [6.07, 6.45) is 8.13. The van der Waals surface area contributed by atoms with Gasteiger partial charge >= 0.3 is 0 Å². The van der Waals surface area contributed by atoms with E-state index in [4.69, 9.17) is 4.74 Å². The summed E-state index contributed by atoms with van der Waals surface area (Å²) in [6, 6.07) is 8.14. The Balaban J connectivity index is 1.55. The minimum Gasteiger partial charge on any atom is -0.373 e. The molecule has 0 spiro atoms. The highest BCUT2D eigenvalue weighted by Crippen LogP contribution is 2.31. The topological polar surface area (TPSA) is 50.6 Å². The molecule has 0 bridgehead atoms. The van der Waals surface area contributed by atoms with Crippen LogP contribution < -0.4 is 0 Å². The lowest BCUT2D eigenvalue weighted by atomic mass is 9.98. The zero-order chi connectivity index (χ0) is 20.2. The van der Waals surface area contributed by atoms with Crippen LogP contribution in [0, 0.1) is 6.92 Å². The summed E-state index contributed by atoms with van der Waals surface area (Å²) >= 11 is 0. The molecule has 6 heteroatoms. The van der Waals surface area contributed by atoms with Crippen LogP contribution in [0.1, 0.15) is 42.0 Å². The van der Waals surface area contributed by atoms with Crippen LogP contribution in [-0.4, -0.2) is 64.4 Å². The molecule has 4 rings (SSSR count). The molecule has 0 aliphatic carbocycles. The number of piperidine rings is 1. The van der Waals surface area contributed by atoms with Gasteiger partial charge in [-0.2, -0.15) is 5.10 Å². The fraction of sp³-hybridized carbons (Fsp3) is 0.565. The van der Waals surface area contributed by atoms with Crippen LogP contribution in [-0.2, 0) is 23.0 Å². The van der Waals surface area contributed by atoms with Crippen LogP contribution >= 0.6 is 0 Å². The molecular weight excluding hydrogens is 364 g/mol. The number of hydrogen-bond acceptors (Lipinski definition) is 4. The zero-order valence-electron chi connectivity index (χ0n) is 17.6. The van der Waals surface area contributed by atoms with E-state index in [1.165, 1.54) is 24.8 Å². The lowest BCUT2D eigenvalue weighted by Crippen LogP contribution is -2.52. The van der Waals surface area contributed by atoms with Gasteiger partial charge in [-0.15, -0.1) is 0 Å². The second kappa shape index (κ2) is 9.09. The zero-order valence-corrected chi connectivity index (χ0v) is 17.6. The van der Waals surface area contributed by atoms with Gasteiger partial charge in [-0.05, 0) is 38.4 Å². The number of aromatic nitrogens is 2. The molecule has 2 aliphatic heterocycles. The Morgan fingerprint density at radius 3 is 2.76 bits per heavy atom. The molecule has 2 atom stereocenters. The van der Waals surface area contributed by atoms with Gasteiger partial charge < -0.3 is 14.5 Å². The van der Waals surface area contributed by atoms with Gasteiger partial charge in [-0.25, -0.2) is 0 Å². The van der Waals surface area contributed by atoms with E-state index in [0.717, 1.165) is 30.8 Å². The van der Waals surface area contributed by atoms with E-state index in [1.807, 2.05) is 41.2 Å². The molecule has 1 aromatic carbocycles. The van der Waals surface area contributed by atoms with Gasteiger partial charge in [0.25, 0.3) is 0 Å². The first-order chi connectivity index (χ1) is 14.1. The molecule has 2 fully saturated rings. The first-order valence-corrected chi connectivity index (χ1v) is 10.8. The fourth-order valence-electron chi connectivity index (χ4n) is 4.65. The number of rotatable bonds is 5. The van der Waals surface area contributed by atoms with E-state index in [0.29, 0.717) is 19.6 Å². The molecule has 1 amide bonds. The third-order valence-corrected chi connectivity index (χ3v) is 6.06. The Kier molecular flexibility index (Phi) is 6.31. The predicted octanol–water partition coefficient (Wildman–Crippen LogP) is 2.73. The molecule has 29 heavy (non-hydrogen) atoms. The van der Waals surface area contributed by atoms with Crippen molar-refractivity contribution in [3.05, 3.63) is 53.3 Å². The van der Waals surface area contributed by atoms with Gasteiger partial charge in [0.2, 0.25) is 5.91 Å². The second-order valence-electron chi connectivity index (χ2n) is 8.42. The third-order valence-electron chi connectivity index (χ3n) is 6.06. The van der Waals surface area contributed by atoms with Gasteiger partial charge in [0.05, 0.1) is 31.4 Å². The van der Waals surface area contributed by atoms with Crippen LogP contribution in [0.15, 0.2) is 36.7 Å². The first-order valence-electron chi connectivity index (χ1n) is 10.8. The standard InChI is InChI=1S/C23H32N4O2/c1-18-7-6-8-19(13-18)14-22(28)27-11-12-29-21(17-26-9-4-3-5-10-26)23(27)20-15-24-25(2)16-20/h6-8,13,15-16,21,23H,3-5,9-12,14,17H2,1-2H3/t21-,23-/m0/s1. The average molecular weight is 397 g/mol. The largest absolute Gasteiger partial charge is 0.373 e. The average Bonchev–Trinajstić information content (AvgIpc) is 3.14.